The van der Waals surface area contributed by atoms with Gasteiger partial charge < -0.3 is 5.32 Å². The molecular weight excluding hydrogens is 301 g/mol. The Morgan fingerprint density at radius 3 is 2.65 bits per heavy atom. The van der Waals surface area contributed by atoms with E-state index in [1.54, 1.807) is 12.1 Å². The maximum Gasteiger partial charge on any atom is 0.137 e. The molecule has 0 atom stereocenters. The summed E-state index contributed by atoms with van der Waals surface area (Å²) in [6.45, 7) is 2.93. The molecule has 0 saturated heterocycles. The molecule has 0 saturated carbocycles. The van der Waals surface area contributed by atoms with Gasteiger partial charge in [0.1, 0.15) is 5.82 Å². The van der Waals surface area contributed by atoms with Crippen molar-refractivity contribution in [3.05, 3.63) is 50.4 Å². The topological polar surface area (TPSA) is 12.0 Å². The number of aryl methyl sites for hydroxylation is 1. The fourth-order valence-corrected chi connectivity index (χ4v) is 2.78. The number of anilines is 1. The van der Waals surface area contributed by atoms with Crippen molar-refractivity contribution < 1.29 is 4.39 Å². The summed E-state index contributed by atoms with van der Waals surface area (Å²) in [5.41, 5.74) is 0.921. The van der Waals surface area contributed by atoms with Crippen LogP contribution in [0.1, 0.15) is 16.7 Å². The van der Waals surface area contributed by atoms with Gasteiger partial charge in [-0.3, -0.25) is 0 Å². The maximum absolute atomic E-state index is 13.0. The zero-order valence-corrected chi connectivity index (χ0v) is 11.9. The van der Waals surface area contributed by atoms with Crippen molar-refractivity contribution in [1.82, 2.24) is 0 Å². The van der Waals surface area contributed by atoms with Crippen molar-refractivity contribution in [3.8, 4) is 0 Å². The van der Waals surface area contributed by atoms with E-state index in [2.05, 4.69) is 40.3 Å². The van der Waals surface area contributed by atoms with Gasteiger partial charge in [-0.05, 0) is 52.7 Å². The maximum atomic E-state index is 13.0. The van der Waals surface area contributed by atoms with Crippen LogP contribution in [0.25, 0.3) is 0 Å². The van der Waals surface area contributed by atoms with Crippen LogP contribution >= 0.6 is 27.3 Å². The lowest BCUT2D eigenvalue weighted by Crippen LogP contribution is -1.97. The van der Waals surface area contributed by atoms with Crippen LogP contribution in [0, 0.1) is 5.82 Å². The lowest BCUT2D eigenvalue weighted by Gasteiger charge is -2.05. The molecule has 2 aromatic rings. The van der Waals surface area contributed by atoms with Gasteiger partial charge in [0.05, 0.1) is 4.47 Å². The molecule has 90 valence electrons. The first-order chi connectivity index (χ1) is 8.19. The van der Waals surface area contributed by atoms with Crippen molar-refractivity contribution >= 4 is 33.0 Å². The minimum absolute atomic E-state index is 0.236. The van der Waals surface area contributed by atoms with Gasteiger partial charge in [-0.15, -0.1) is 11.3 Å². The van der Waals surface area contributed by atoms with E-state index in [4.69, 9.17) is 0 Å². The van der Waals surface area contributed by atoms with E-state index < -0.39 is 0 Å². The van der Waals surface area contributed by atoms with Gasteiger partial charge >= 0.3 is 0 Å². The predicted octanol–water partition coefficient (Wildman–Crippen LogP) is 4.82. The van der Waals surface area contributed by atoms with Crippen molar-refractivity contribution in [2.24, 2.45) is 0 Å². The molecule has 0 amide bonds. The highest BCUT2D eigenvalue weighted by molar-refractivity contribution is 9.10. The van der Waals surface area contributed by atoms with Crippen molar-refractivity contribution in [3.63, 3.8) is 0 Å². The average Bonchev–Trinajstić information content (AvgIpc) is 2.79. The summed E-state index contributed by atoms with van der Waals surface area (Å²) < 4.78 is 13.5. The van der Waals surface area contributed by atoms with Gasteiger partial charge in [-0.25, -0.2) is 4.39 Å². The van der Waals surface area contributed by atoms with E-state index in [1.165, 1.54) is 15.8 Å². The Bertz CT molecular complexity index is 510. The molecule has 0 radical (unpaired) electrons. The van der Waals surface area contributed by atoms with Crippen LogP contribution in [-0.4, -0.2) is 0 Å². The minimum atomic E-state index is -0.236. The highest BCUT2D eigenvalue weighted by atomic mass is 79.9. The third kappa shape index (κ3) is 3.30. The summed E-state index contributed by atoms with van der Waals surface area (Å²) in [6.07, 6.45) is 1.08. The Kier molecular flexibility index (Phi) is 4.18. The number of halogens is 2. The minimum Gasteiger partial charge on any atom is -0.380 e. The summed E-state index contributed by atoms with van der Waals surface area (Å²) in [4.78, 5) is 2.68. The number of nitrogens with one attached hydrogen (secondary N) is 1. The zero-order valence-electron chi connectivity index (χ0n) is 9.47. The van der Waals surface area contributed by atoms with Gasteiger partial charge in [0, 0.05) is 22.0 Å². The predicted molar refractivity (Wildman–Crippen MR) is 75.1 cm³/mol. The van der Waals surface area contributed by atoms with Crippen LogP contribution in [0.15, 0.2) is 34.8 Å². The van der Waals surface area contributed by atoms with Crippen LogP contribution in [0.4, 0.5) is 10.1 Å². The molecule has 1 N–H and O–H groups in total. The summed E-state index contributed by atoms with van der Waals surface area (Å²) in [5, 5.41) is 3.28. The SMILES string of the molecule is CCc1ccc(CNc2ccc(F)c(Br)c2)s1. The number of hydrogen-bond donors (Lipinski definition) is 1. The number of rotatable bonds is 4. The molecule has 17 heavy (non-hydrogen) atoms. The molecule has 0 aliphatic carbocycles. The first-order valence-electron chi connectivity index (χ1n) is 5.45. The second-order valence-corrected chi connectivity index (χ2v) is 5.81. The van der Waals surface area contributed by atoms with E-state index >= 15 is 0 Å². The Morgan fingerprint density at radius 1 is 1.24 bits per heavy atom. The Balaban J connectivity index is 1.99. The smallest absolute Gasteiger partial charge is 0.137 e. The van der Waals surface area contributed by atoms with E-state index in [-0.39, 0.29) is 5.82 Å². The molecule has 4 heteroatoms. The van der Waals surface area contributed by atoms with Gasteiger partial charge in [0.15, 0.2) is 0 Å². The molecule has 1 aromatic carbocycles. The van der Waals surface area contributed by atoms with E-state index in [9.17, 15) is 4.39 Å². The van der Waals surface area contributed by atoms with Crippen LogP contribution < -0.4 is 5.32 Å². The first-order valence-corrected chi connectivity index (χ1v) is 7.06. The van der Waals surface area contributed by atoms with Crippen LogP contribution in [0.2, 0.25) is 0 Å². The lowest BCUT2D eigenvalue weighted by atomic mass is 10.3. The van der Waals surface area contributed by atoms with Gasteiger partial charge in [0.25, 0.3) is 0 Å². The standard InChI is InChI=1S/C13H13BrFNS/c1-2-10-4-5-11(17-10)8-16-9-3-6-13(15)12(14)7-9/h3-7,16H,2,8H2,1H3. The van der Waals surface area contributed by atoms with Gasteiger partial charge in [-0.1, -0.05) is 6.92 Å². The average molecular weight is 314 g/mol. The number of benzene rings is 1. The quantitative estimate of drug-likeness (QED) is 0.853. The third-order valence-electron chi connectivity index (χ3n) is 2.45. The highest BCUT2D eigenvalue weighted by Crippen LogP contribution is 2.22. The largest absolute Gasteiger partial charge is 0.380 e. The summed E-state index contributed by atoms with van der Waals surface area (Å²) >= 11 is 4.99. The molecule has 0 aliphatic rings. The molecule has 1 nitrogen and oxygen atoms in total. The second-order valence-electron chi connectivity index (χ2n) is 3.70. The summed E-state index contributed by atoms with van der Waals surface area (Å²) in [5.74, 6) is -0.236. The molecule has 1 aromatic heterocycles. The van der Waals surface area contributed by atoms with Crippen LogP contribution in [0.5, 0.6) is 0 Å². The fourth-order valence-electron chi connectivity index (χ4n) is 1.50. The molecule has 2 rings (SSSR count). The molecule has 0 fully saturated rings. The summed E-state index contributed by atoms with van der Waals surface area (Å²) in [7, 11) is 0. The highest BCUT2D eigenvalue weighted by Gasteiger charge is 2.01. The van der Waals surface area contributed by atoms with E-state index in [0.29, 0.717) is 4.47 Å². The van der Waals surface area contributed by atoms with E-state index in [1.807, 2.05) is 11.3 Å². The number of hydrogen-bond acceptors (Lipinski definition) is 2. The van der Waals surface area contributed by atoms with Crippen LogP contribution in [0.3, 0.4) is 0 Å². The lowest BCUT2D eigenvalue weighted by molar-refractivity contribution is 0.621. The van der Waals surface area contributed by atoms with Crippen molar-refractivity contribution in [2.75, 3.05) is 5.32 Å². The molecule has 0 bridgehead atoms. The monoisotopic (exact) mass is 313 g/mol. The Hall–Kier alpha value is -0.870. The Labute approximate surface area is 113 Å². The van der Waals surface area contributed by atoms with Gasteiger partial charge in [0.2, 0.25) is 0 Å². The first kappa shape index (κ1) is 12.6. The fraction of sp³-hybridized carbons (Fsp3) is 0.231. The van der Waals surface area contributed by atoms with E-state index in [0.717, 1.165) is 18.7 Å². The van der Waals surface area contributed by atoms with Crippen molar-refractivity contribution in [1.29, 1.82) is 0 Å². The zero-order chi connectivity index (χ0) is 12.3. The molecular formula is C13H13BrFNS. The molecule has 1 heterocycles. The Morgan fingerprint density at radius 2 is 2.00 bits per heavy atom. The molecule has 0 unspecified atom stereocenters. The molecule has 0 spiro atoms. The van der Waals surface area contributed by atoms with Crippen LogP contribution in [-0.2, 0) is 13.0 Å². The molecule has 0 aliphatic heterocycles. The summed E-state index contributed by atoms with van der Waals surface area (Å²) in [6, 6.07) is 9.24. The third-order valence-corrected chi connectivity index (χ3v) is 4.29. The van der Waals surface area contributed by atoms with Gasteiger partial charge in [-0.2, -0.15) is 0 Å². The second kappa shape index (κ2) is 5.65. The normalized spacial score (nSPS) is 10.5. The number of thiophene rings is 1. The van der Waals surface area contributed by atoms with Crippen molar-refractivity contribution in [2.45, 2.75) is 19.9 Å².